The molecule has 2 aromatic heterocycles. The van der Waals surface area contributed by atoms with Crippen molar-refractivity contribution < 1.29 is 14.3 Å². The van der Waals surface area contributed by atoms with Crippen molar-refractivity contribution in [2.45, 2.75) is 13.3 Å². The third-order valence-corrected chi connectivity index (χ3v) is 3.40. The first-order valence-electron chi connectivity index (χ1n) is 6.51. The van der Waals surface area contributed by atoms with E-state index in [4.69, 9.17) is 4.74 Å². The second-order valence-corrected chi connectivity index (χ2v) is 4.94. The number of nitrogens with zero attached hydrogens (tertiary/aromatic N) is 2. The molecule has 110 valence electrons. The van der Waals surface area contributed by atoms with Crippen molar-refractivity contribution in [3.8, 4) is 0 Å². The van der Waals surface area contributed by atoms with E-state index in [-0.39, 0.29) is 23.2 Å². The lowest BCUT2D eigenvalue weighted by Gasteiger charge is -2.02. The van der Waals surface area contributed by atoms with Gasteiger partial charge >= 0.3 is 5.97 Å². The molecule has 0 aliphatic carbocycles. The fourth-order valence-corrected chi connectivity index (χ4v) is 2.29. The number of carbonyl (C=O) groups is 2. The second-order valence-electron chi connectivity index (χ2n) is 4.09. The summed E-state index contributed by atoms with van der Waals surface area (Å²) in [7, 11) is 0. The van der Waals surface area contributed by atoms with Crippen LogP contribution in [0, 0.1) is 0 Å². The Bertz CT molecular complexity index is 613. The van der Waals surface area contributed by atoms with Gasteiger partial charge in [0.2, 0.25) is 5.01 Å². The Hall–Kier alpha value is -2.28. The van der Waals surface area contributed by atoms with Gasteiger partial charge in [-0.1, -0.05) is 6.07 Å². The van der Waals surface area contributed by atoms with E-state index in [9.17, 15) is 9.59 Å². The highest BCUT2D eigenvalue weighted by Crippen LogP contribution is 2.11. The topological polar surface area (TPSA) is 81.2 Å². The molecular formula is C14H15N3O3S. The molecule has 0 saturated heterocycles. The number of aromatic nitrogens is 2. The quantitative estimate of drug-likeness (QED) is 0.821. The highest BCUT2D eigenvalue weighted by atomic mass is 32.1. The monoisotopic (exact) mass is 305 g/mol. The lowest BCUT2D eigenvalue weighted by molar-refractivity contribution is 0.0526. The van der Waals surface area contributed by atoms with Crippen LogP contribution in [0.15, 0.2) is 29.8 Å². The number of esters is 1. The molecule has 0 spiro atoms. The predicted molar refractivity (Wildman–Crippen MR) is 78.3 cm³/mol. The van der Waals surface area contributed by atoms with Crippen molar-refractivity contribution in [2.75, 3.05) is 13.2 Å². The molecule has 2 rings (SSSR count). The molecule has 0 aliphatic rings. The van der Waals surface area contributed by atoms with Crippen molar-refractivity contribution >= 4 is 23.2 Å². The summed E-state index contributed by atoms with van der Waals surface area (Å²) in [5.74, 6) is -0.812. The maximum absolute atomic E-state index is 11.9. The minimum atomic E-state index is -0.505. The number of hydrogen-bond acceptors (Lipinski definition) is 6. The zero-order chi connectivity index (χ0) is 15.1. The van der Waals surface area contributed by atoms with Crippen LogP contribution in [0.25, 0.3) is 0 Å². The van der Waals surface area contributed by atoms with Crippen LogP contribution < -0.4 is 5.32 Å². The SMILES string of the molecule is CCOC(=O)c1nc(C(=O)NCCc2ccccn2)cs1. The number of nitrogens with one attached hydrogen (secondary N) is 1. The van der Waals surface area contributed by atoms with Crippen molar-refractivity contribution in [1.82, 2.24) is 15.3 Å². The first kappa shape index (κ1) is 15.1. The van der Waals surface area contributed by atoms with E-state index in [1.54, 1.807) is 18.5 Å². The largest absolute Gasteiger partial charge is 0.461 e. The molecule has 0 saturated carbocycles. The number of pyridine rings is 1. The Morgan fingerprint density at radius 1 is 1.38 bits per heavy atom. The molecule has 0 unspecified atom stereocenters. The average molecular weight is 305 g/mol. The molecule has 2 aromatic rings. The molecule has 0 fully saturated rings. The summed E-state index contributed by atoms with van der Waals surface area (Å²) in [6.07, 6.45) is 2.35. The van der Waals surface area contributed by atoms with Crippen molar-refractivity contribution in [1.29, 1.82) is 0 Å². The lowest BCUT2D eigenvalue weighted by atomic mass is 10.2. The van der Waals surface area contributed by atoms with Crippen molar-refractivity contribution in [3.63, 3.8) is 0 Å². The molecule has 6 nitrogen and oxygen atoms in total. The van der Waals surface area contributed by atoms with E-state index in [0.717, 1.165) is 17.0 Å². The number of ether oxygens (including phenoxy) is 1. The van der Waals surface area contributed by atoms with Gasteiger partial charge in [-0.3, -0.25) is 9.78 Å². The number of hydrogen-bond donors (Lipinski definition) is 1. The van der Waals surface area contributed by atoms with E-state index < -0.39 is 5.97 Å². The van der Waals surface area contributed by atoms with Gasteiger partial charge in [-0.2, -0.15) is 0 Å². The summed E-state index contributed by atoms with van der Waals surface area (Å²) in [6, 6.07) is 5.64. The van der Waals surface area contributed by atoms with Crippen LogP contribution in [0.4, 0.5) is 0 Å². The summed E-state index contributed by atoms with van der Waals surface area (Å²) in [4.78, 5) is 31.5. The fourth-order valence-electron chi connectivity index (χ4n) is 1.61. The summed E-state index contributed by atoms with van der Waals surface area (Å²) in [5, 5.41) is 4.48. The van der Waals surface area contributed by atoms with Gasteiger partial charge < -0.3 is 10.1 Å². The van der Waals surface area contributed by atoms with Crippen molar-refractivity contribution in [2.24, 2.45) is 0 Å². The number of amides is 1. The fraction of sp³-hybridized carbons (Fsp3) is 0.286. The highest BCUT2D eigenvalue weighted by Gasteiger charge is 2.15. The highest BCUT2D eigenvalue weighted by molar-refractivity contribution is 7.11. The van der Waals surface area contributed by atoms with Crippen LogP contribution in [0.2, 0.25) is 0 Å². The van der Waals surface area contributed by atoms with Gasteiger partial charge in [-0.05, 0) is 19.1 Å². The van der Waals surface area contributed by atoms with E-state index in [1.807, 2.05) is 18.2 Å². The van der Waals surface area contributed by atoms with Crippen LogP contribution in [-0.4, -0.2) is 35.0 Å². The number of rotatable bonds is 6. The van der Waals surface area contributed by atoms with Crippen LogP contribution in [0.3, 0.4) is 0 Å². The van der Waals surface area contributed by atoms with E-state index in [0.29, 0.717) is 13.0 Å². The second kappa shape index (κ2) is 7.49. The van der Waals surface area contributed by atoms with E-state index in [1.165, 1.54) is 0 Å². The van der Waals surface area contributed by atoms with Gasteiger partial charge in [0.15, 0.2) is 0 Å². The molecule has 0 atom stereocenters. The normalized spacial score (nSPS) is 10.1. The van der Waals surface area contributed by atoms with Crippen LogP contribution in [-0.2, 0) is 11.2 Å². The summed E-state index contributed by atoms with van der Waals surface area (Å²) < 4.78 is 4.83. The van der Waals surface area contributed by atoms with Gasteiger partial charge in [0.05, 0.1) is 6.61 Å². The Balaban J connectivity index is 1.85. The minimum absolute atomic E-state index is 0.187. The first-order chi connectivity index (χ1) is 10.2. The summed E-state index contributed by atoms with van der Waals surface area (Å²) >= 11 is 1.10. The zero-order valence-corrected chi connectivity index (χ0v) is 12.4. The third kappa shape index (κ3) is 4.35. The van der Waals surface area contributed by atoms with Gasteiger partial charge in [0.1, 0.15) is 5.69 Å². The summed E-state index contributed by atoms with van der Waals surface area (Å²) in [5.41, 5.74) is 1.13. The third-order valence-electron chi connectivity index (χ3n) is 2.58. The molecule has 1 amide bonds. The molecule has 0 aromatic carbocycles. The van der Waals surface area contributed by atoms with Gasteiger partial charge in [-0.15, -0.1) is 11.3 Å². The van der Waals surface area contributed by atoms with Crippen LogP contribution in [0.5, 0.6) is 0 Å². The Labute approximate surface area is 126 Å². The van der Waals surface area contributed by atoms with Gasteiger partial charge in [0.25, 0.3) is 5.91 Å². The number of carbonyl (C=O) groups excluding carboxylic acids is 2. The molecule has 1 N–H and O–H groups in total. The molecule has 21 heavy (non-hydrogen) atoms. The average Bonchev–Trinajstić information content (AvgIpc) is 2.98. The molecule has 2 heterocycles. The Morgan fingerprint density at radius 3 is 2.95 bits per heavy atom. The zero-order valence-electron chi connectivity index (χ0n) is 11.5. The molecule has 7 heteroatoms. The van der Waals surface area contributed by atoms with Gasteiger partial charge in [0, 0.05) is 30.2 Å². The lowest BCUT2D eigenvalue weighted by Crippen LogP contribution is -2.26. The maximum atomic E-state index is 11.9. The van der Waals surface area contributed by atoms with E-state index >= 15 is 0 Å². The Kier molecular flexibility index (Phi) is 5.39. The Morgan fingerprint density at radius 2 is 2.24 bits per heavy atom. The first-order valence-corrected chi connectivity index (χ1v) is 7.39. The maximum Gasteiger partial charge on any atom is 0.367 e. The molecule has 0 radical (unpaired) electrons. The number of thiazole rings is 1. The van der Waals surface area contributed by atoms with E-state index in [2.05, 4.69) is 15.3 Å². The van der Waals surface area contributed by atoms with Gasteiger partial charge in [-0.25, -0.2) is 9.78 Å². The minimum Gasteiger partial charge on any atom is -0.461 e. The van der Waals surface area contributed by atoms with Crippen LogP contribution >= 0.6 is 11.3 Å². The molecule has 0 aliphatic heterocycles. The predicted octanol–water partition coefficient (Wildman–Crippen LogP) is 1.69. The smallest absolute Gasteiger partial charge is 0.367 e. The standard InChI is InChI=1S/C14H15N3O3S/c1-2-20-14(19)13-17-11(9-21-13)12(18)16-8-6-10-5-3-4-7-15-10/h3-5,7,9H,2,6,8H2,1H3,(H,16,18). The molecular weight excluding hydrogens is 290 g/mol. The van der Waals surface area contributed by atoms with Crippen molar-refractivity contribution in [3.05, 3.63) is 46.2 Å². The van der Waals surface area contributed by atoms with Crippen LogP contribution in [0.1, 0.15) is 32.9 Å². The molecule has 0 bridgehead atoms. The summed E-state index contributed by atoms with van der Waals surface area (Å²) in [6.45, 7) is 2.46.